The first kappa shape index (κ1) is 35.7. The quantitative estimate of drug-likeness (QED) is 0.150. The summed E-state index contributed by atoms with van der Waals surface area (Å²) < 4.78 is 6.51. The van der Waals surface area contributed by atoms with Gasteiger partial charge >= 0.3 is 0 Å². The van der Waals surface area contributed by atoms with E-state index in [9.17, 15) is 0 Å². The lowest BCUT2D eigenvalue weighted by Gasteiger charge is -2.26. The van der Waals surface area contributed by atoms with Crippen LogP contribution in [0.25, 0.3) is 98.8 Å². The van der Waals surface area contributed by atoms with Crippen LogP contribution in [0.2, 0.25) is 0 Å². The summed E-state index contributed by atoms with van der Waals surface area (Å²) in [7, 11) is 0. The first-order valence-electron chi connectivity index (χ1n) is 21.2. The summed E-state index contributed by atoms with van der Waals surface area (Å²) in [4.78, 5) is 2.37. The highest BCUT2D eigenvalue weighted by Gasteiger charge is 2.18. The lowest BCUT2D eigenvalue weighted by molar-refractivity contribution is 0.670. The second-order valence-electron chi connectivity index (χ2n) is 16.1. The average molecular weight is 790 g/mol. The van der Waals surface area contributed by atoms with Crippen LogP contribution < -0.4 is 4.90 Å². The Kier molecular flexibility index (Phi) is 8.53. The van der Waals surface area contributed by atoms with Gasteiger partial charge < -0.3 is 9.32 Å². The van der Waals surface area contributed by atoms with Crippen LogP contribution in [0.5, 0.6) is 0 Å². The van der Waals surface area contributed by atoms with Crippen molar-refractivity contribution in [2.75, 3.05) is 4.90 Å². The van der Waals surface area contributed by atoms with Gasteiger partial charge in [-0.1, -0.05) is 188 Å². The van der Waals surface area contributed by atoms with Gasteiger partial charge in [0.2, 0.25) is 0 Å². The molecular weight excluding hydrogens is 751 g/mol. The third kappa shape index (κ3) is 6.12. The van der Waals surface area contributed by atoms with E-state index >= 15 is 0 Å². The zero-order chi connectivity index (χ0) is 41.0. The van der Waals surface area contributed by atoms with E-state index in [2.05, 4.69) is 235 Å². The largest absolute Gasteiger partial charge is 0.455 e. The maximum absolute atomic E-state index is 6.51. The monoisotopic (exact) mass is 789 g/mol. The molecular formula is C60H39NO. The van der Waals surface area contributed by atoms with Crippen LogP contribution in [0.15, 0.2) is 241 Å². The number of rotatable bonds is 7. The predicted molar refractivity (Wildman–Crippen MR) is 263 cm³/mol. The summed E-state index contributed by atoms with van der Waals surface area (Å²) in [6, 6.07) is 85.4. The van der Waals surface area contributed by atoms with Crippen molar-refractivity contribution < 1.29 is 4.42 Å². The minimum atomic E-state index is 0.891. The molecule has 290 valence electrons. The van der Waals surface area contributed by atoms with Crippen LogP contribution in [0, 0.1) is 0 Å². The lowest BCUT2D eigenvalue weighted by Crippen LogP contribution is -2.09. The summed E-state index contributed by atoms with van der Waals surface area (Å²) in [5, 5.41) is 9.70. The summed E-state index contributed by atoms with van der Waals surface area (Å²) in [5.41, 5.74) is 14.5. The molecule has 1 heterocycles. The SMILES string of the molecule is c1ccc(-c2c(-c3ccc(N(c4ccc(-c5ccc6oc7c(-c8ccccc8)cccc7c6c5)cc4)c4ccc5c(ccc6ccccc65)c4)cc3)ccc3ccccc23)cc1. The first-order valence-corrected chi connectivity index (χ1v) is 21.2. The first-order chi connectivity index (χ1) is 30.7. The van der Waals surface area contributed by atoms with Crippen molar-refractivity contribution in [2.45, 2.75) is 0 Å². The minimum Gasteiger partial charge on any atom is -0.455 e. The molecule has 0 radical (unpaired) electrons. The Hall–Kier alpha value is -8.20. The molecule has 62 heavy (non-hydrogen) atoms. The average Bonchev–Trinajstić information content (AvgIpc) is 3.73. The standard InChI is InChI=1S/C60H39NO/c1-3-12-41(13-4-1)55-20-11-21-56-57-39-46(29-37-58(57)62-60(55)56)40-24-30-48(31-25-40)61(50-34-36-52-47(38-50)23-22-42-14-7-9-18-51(42)52)49-32-26-44(27-33-49)54-35-28-43-15-8-10-19-53(43)59(54)45-16-5-2-6-17-45/h1-39H. The van der Waals surface area contributed by atoms with E-state index in [0.29, 0.717) is 0 Å². The van der Waals surface area contributed by atoms with Gasteiger partial charge in [-0.05, 0) is 120 Å². The number of anilines is 3. The minimum absolute atomic E-state index is 0.891. The van der Waals surface area contributed by atoms with E-state index in [1.54, 1.807) is 0 Å². The van der Waals surface area contributed by atoms with Crippen LogP contribution in [-0.4, -0.2) is 0 Å². The van der Waals surface area contributed by atoms with E-state index in [1.165, 1.54) is 54.6 Å². The number of fused-ring (bicyclic) bond motifs is 7. The van der Waals surface area contributed by atoms with E-state index < -0.39 is 0 Å². The van der Waals surface area contributed by atoms with Crippen molar-refractivity contribution in [1.29, 1.82) is 0 Å². The number of hydrogen-bond donors (Lipinski definition) is 0. The molecule has 12 rings (SSSR count). The topological polar surface area (TPSA) is 16.4 Å². The van der Waals surface area contributed by atoms with Gasteiger partial charge in [-0.2, -0.15) is 0 Å². The fourth-order valence-electron chi connectivity index (χ4n) is 9.43. The molecule has 0 spiro atoms. The zero-order valence-corrected chi connectivity index (χ0v) is 33.9. The van der Waals surface area contributed by atoms with Crippen LogP contribution in [0.3, 0.4) is 0 Å². The van der Waals surface area contributed by atoms with Gasteiger partial charge in [0.25, 0.3) is 0 Å². The van der Waals surface area contributed by atoms with Crippen LogP contribution in [0.4, 0.5) is 17.1 Å². The van der Waals surface area contributed by atoms with Gasteiger partial charge in [0.15, 0.2) is 0 Å². The Labute approximate surface area is 360 Å². The molecule has 0 aliphatic rings. The van der Waals surface area contributed by atoms with E-state index in [1.807, 2.05) is 6.07 Å². The van der Waals surface area contributed by atoms with Crippen LogP contribution >= 0.6 is 0 Å². The van der Waals surface area contributed by atoms with E-state index in [-0.39, 0.29) is 0 Å². The van der Waals surface area contributed by atoms with Crippen molar-refractivity contribution in [3.05, 3.63) is 237 Å². The summed E-state index contributed by atoms with van der Waals surface area (Å²) in [6.07, 6.45) is 0. The molecule has 2 heteroatoms. The molecule has 0 amide bonds. The molecule has 0 aliphatic heterocycles. The normalized spacial score (nSPS) is 11.5. The van der Waals surface area contributed by atoms with Gasteiger partial charge in [0, 0.05) is 33.4 Å². The third-order valence-electron chi connectivity index (χ3n) is 12.5. The summed E-state index contributed by atoms with van der Waals surface area (Å²) in [5.74, 6) is 0. The van der Waals surface area contributed by atoms with Gasteiger partial charge in [-0.25, -0.2) is 0 Å². The Morgan fingerprint density at radius 3 is 1.58 bits per heavy atom. The molecule has 0 bridgehead atoms. The molecule has 0 saturated heterocycles. The Morgan fingerprint density at radius 2 is 0.823 bits per heavy atom. The molecule has 1 aromatic heterocycles. The molecule has 11 aromatic carbocycles. The molecule has 0 N–H and O–H groups in total. The molecule has 0 saturated carbocycles. The predicted octanol–water partition coefficient (Wildman–Crippen LogP) is 17.2. The van der Waals surface area contributed by atoms with Gasteiger partial charge in [-0.15, -0.1) is 0 Å². The number of hydrogen-bond acceptors (Lipinski definition) is 2. The molecule has 2 nitrogen and oxygen atoms in total. The fourth-order valence-corrected chi connectivity index (χ4v) is 9.43. The maximum atomic E-state index is 6.51. The van der Waals surface area contributed by atoms with Gasteiger partial charge in [0.1, 0.15) is 11.2 Å². The summed E-state index contributed by atoms with van der Waals surface area (Å²) in [6.45, 7) is 0. The Balaban J connectivity index is 0.956. The number of furan rings is 1. The molecule has 0 aliphatic carbocycles. The van der Waals surface area contributed by atoms with Crippen LogP contribution in [-0.2, 0) is 0 Å². The Bertz CT molecular complexity index is 3610. The number of nitrogens with zero attached hydrogens (tertiary/aromatic N) is 1. The highest BCUT2D eigenvalue weighted by Crippen LogP contribution is 2.43. The fraction of sp³-hybridized carbons (Fsp3) is 0. The Morgan fingerprint density at radius 1 is 0.274 bits per heavy atom. The van der Waals surface area contributed by atoms with Crippen LogP contribution in [0.1, 0.15) is 0 Å². The molecule has 12 aromatic rings. The van der Waals surface area contributed by atoms with E-state index in [4.69, 9.17) is 4.42 Å². The smallest absolute Gasteiger partial charge is 0.143 e. The molecule has 0 unspecified atom stereocenters. The van der Waals surface area contributed by atoms with E-state index in [0.717, 1.165) is 61.3 Å². The van der Waals surface area contributed by atoms with Crippen molar-refractivity contribution >= 4 is 71.3 Å². The second-order valence-corrected chi connectivity index (χ2v) is 16.1. The number of para-hydroxylation sites is 1. The maximum Gasteiger partial charge on any atom is 0.143 e. The highest BCUT2D eigenvalue weighted by atomic mass is 16.3. The second kappa shape index (κ2) is 14.8. The van der Waals surface area contributed by atoms with Gasteiger partial charge in [-0.3, -0.25) is 0 Å². The lowest BCUT2D eigenvalue weighted by atomic mass is 9.90. The van der Waals surface area contributed by atoms with Crippen molar-refractivity contribution in [1.82, 2.24) is 0 Å². The highest BCUT2D eigenvalue weighted by molar-refractivity contribution is 6.11. The number of benzene rings is 11. The zero-order valence-electron chi connectivity index (χ0n) is 33.9. The van der Waals surface area contributed by atoms with Crippen molar-refractivity contribution in [2.24, 2.45) is 0 Å². The van der Waals surface area contributed by atoms with Crippen molar-refractivity contribution in [3.8, 4) is 44.5 Å². The van der Waals surface area contributed by atoms with Crippen molar-refractivity contribution in [3.63, 3.8) is 0 Å². The molecule has 0 fully saturated rings. The van der Waals surface area contributed by atoms with Gasteiger partial charge in [0.05, 0.1) is 0 Å². The third-order valence-corrected chi connectivity index (χ3v) is 12.5. The molecule has 0 atom stereocenters. The summed E-state index contributed by atoms with van der Waals surface area (Å²) >= 11 is 0.